The summed E-state index contributed by atoms with van der Waals surface area (Å²) in [5, 5.41) is 3.74. The van der Waals surface area contributed by atoms with Gasteiger partial charge < -0.3 is 14.8 Å². The number of rotatable bonds is 9. The highest BCUT2D eigenvalue weighted by atomic mass is 79.9. The standard InChI is InChI=1S/C28H33BrN2O2.2ClH/c1-21-8-10-23(11-9-21)20-33-28-26(29)16-24(17-27(28)32-2)18-30-25-12-14-31(15-13-25)19-22-6-4-3-5-7-22;;/h3-11,16-17,25,30H,12-15,18-20H2,1-2H3;2*1H. The summed E-state index contributed by atoms with van der Waals surface area (Å²) in [7, 11) is 1.69. The molecule has 0 spiro atoms. The largest absolute Gasteiger partial charge is 0.493 e. The first kappa shape index (κ1) is 29.5. The third-order valence-electron chi connectivity index (χ3n) is 6.22. The Morgan fingerprint density at radius 3 is 2.26 bits per heavy atom. The Morgan fingerprint density at radius 1 is 0.914 bits per heavy atom. The molecule has 0 radical (unpaired) electrons. The van der Waals surface area contributed by atoms with Gasteiger partial charge in [-0.05, 0) is 77.6 Å². The molecule has 1 aliphatic rings. The lowest BCUT2D eigenvalue weighted by Crippen LogP contribution is -2.41. The summed E-state index contributed by atoms with van der Waals surface area (Å²) in [6.45, 7) is 6.72. The maximum atomic E-state index is 6.10. The van der Waals surface area contributed by atoms with E-state index in [2.05, 4.69) is 99.8 Å². The molecule has 1 saturated heterocycles. The molecule has 190 valence electrons. The highest BCUT2D eigenvalue weighted by Gasteiger charge is 2.19. The summed E-state index contributed by atoms with van der Waals surface area (Å²) in [4.78, 5) is 2.55. The van der Waals surface area contributed by atoms with Gasteiger partial charge in [0.05, 0.1) is 11.6 Å². The van der Waals surface area contributed by atoms with Gasteiger partial charge in [0.2, 0.25) is 0 Å². The number of piperidine rings is 1. The second-order valence-electron chi connectivity index (χ2n) is 8.80. The van der Waals surface area contributed by atoms with Gasteiger partial charge in [-0.1, -0.05) is 60.2 Å². The maximum Gasteiger partial charge on any atom is 0.175 e. The van der Waals surface area contributed by atoms with Crippen molar-refractivity contribution in [2.45, 2.75) is 45.5 Å². The predicted octanol–water partition coefficient (Wildman–Crippen LogP) is 6.94. The number of benzene rings is 3. The summed E-state index contributed by atoms with van der Waals surface area (Å²) >= 11 is 3.69. The van der Waals surface area contributed by atoms with Crippen LogP contribution in [0.4, 0.5) is 0 Å². The first-order chi connectivity index (χ1) is 16.1. The van der Waals surface area contributed by atoms with Gasteiger partial charge >= 0.3 is 0 Å². The van der Waals surface area contributed by atoms with Crippen LogP contribution in [-0.2, 0) is 19.7 Å². The molecule has 0 unspecified atom stereocenters. The van der Waals surface area contributed by atoms with E-state index in [0.29, 0.717) is 12.6 Å². The summed E-state index contributed by atoms with van der Waals surface area (Å²) in [6, 6.07) is 23.9. The summed E-state index contributed by atoms with van der Waals surface area (Å²) in [6.07, 6.45) is 2.34. The van der Waals surface area contributed by atoms with Gasteiger partial charge in [-0.3, -0.25) is 4.90 Å². The van der Waals surface area contributed by atoms with Crippen molar-refractivity contribution in [3.05, 3.63) is 93.5 Å². The zero-order valence-corrected chi connectivity index (χ0v) is 23.6. The van der Waals surface area contributed by atoms with E-state index in [4.69, 9.17) is 9.47 Å². The van der Waals surface area contributed by atoms with Crippen molar-refractivity contribution in [3.8, 4) is 11.5 Å². The van der Waals surface area contributed by atoms with Crippen LogP contribution in [0.3, 0.4) is 0 Å². The average molecular weight is 582 g/mol. The van der Waals surface area contributed by atoms with Crippen LogP contribution in [0, 0.1) is 6.92 Å². The first-order valence-corrected chi connectivity index (χ1v) is 12.4. The van der Waals surface area contributed by atoms with Crippen molar-refractivity contribution in [1.82, 2.24) is 10.2 Å². The molecule has 3 aromatic carbocycles. The number of likely N-dealkylation sites (tertiary alicyclic amines) is 1. The number of hydrogen-bond donors (Lipinski definition) is 1. The molecule has 1 fully saturated rings. The summed E-state index contributed by atoms with van der Waals surface area (Å²) in [5.74, 6) is 1.50. The molecule has 1 heterocycles. The Morgan fingerprint density at radius 2 is 1.60 bits per heavy atom. The smallest absolute Gasteiger partial charge is 0.175 e. The molecule has 7 heteroatoms. The lowest BCUT2D eigenvalue weighted by Gasteiger charge is -2.32. The second kappa shape index (κ2) is 14.7. The molecule has 0 saturated carbocycles. The molecule has 1 N–H and O–H groups in total. The van der Waals surface area contributed by atoms with Crippen LogP contribution in [0.15, 0.2) is 71.2 Å². The fraction of sp³-hybridized carbons (Fsp3) is 0.357. The van der Waals surface area contributed by atoms with Gasteiger partial charge in [0.15, 0.2) is 11.5 Å². The highest BCUT2D eigenvalue weighted by molar-refractivity contribution is 9.10. The molecule has 0 aliphatic carbocycles. The lowest BCUT2D eigenvalue weighted by atomic mass is 10.0. The maximum absolute atomic E-state index is 6.10. The second-order valence-corrected chi connectivity index (χ2v) is 9.65. The highest BCUT2D eigenvalue weighted by Crippen LogP contribution is 2.37. The average Bonchev–Trinajstić information content (AvgIpc) is 2.84. The predicted molar refractivity (Wildman–Crippen MR) is 152 cm³/mol. The number of nitrogens with one attached hydrogen (secondary N) is 1. The monoisotopic (exact) mass is 580 g/mol. The van der Waals surface area contributed by atoms with Crippen molar-refractivity contribution in [2.75, 3.05) is 20.2 Å². The van der Waals surface area contributed by atoms with Crippen molar-refractivity contribution in [3.63, 3.8) is 0 Å². The Balaban J connectivity index is 0.00000216. The molecule has 4 rings (SSSR count). The minimum atomic E-state index is 0. The fourth-order valence-corrected chi connectivity index (χ4v) is 4.86. The minimum absolute atomic E-state index is 0. The molecular weight excluding hydrogens is 547 g/mol. The zero-order valence-electron chi connectivity index (χ0n) is 20.3. The molecule has 0 aromatic heterocycles. The molecule has 3 aromatic rings. The third kappa shape index (κ3) is 8.69. The zero-order chi connectivity index (χ0) is 23.0. The minimum Gasteiger partial charge on any atom is -0.493 e. The van der Waals surface area contributed by atoms with E-state index in [1.54, 1.807) is 7.11 Å². The van der Waals surface area contributed by atoms with Gasteiger partial charge in [-0.25, -0.2) is 0 Å². The van der Waals surface area contributed by atoms with E-state index in [-0.39, 0.29) is 24.8 Å². The number of nitrogens with zero attached hydrogens (tertiary/aromatic N) is 1. The Labute approximate surface area is 230 Å². The van der Waals surface area contributed by atoms with Crippen LogP contribution in [0.5, 0.6) is 11.5 Å². The van der Waals surface area contributed by atoms with E-state index < -0.39 is 0 Å². The van der Waals surface area contributed by atoms with E-state index in [1.807, 2.05) is 0 Å². The molecular formula is C28H35BrCl2N2O2. The number of aryl methyl sites for hydroxylation is 1. The van der Waals surface area contributed by atoms with Crippen LogP contribution >= 0.6 is 40.7 Å². The van der Waals surface area contributed by atoms with Crippen LogP contribution in [0.25, 0.3) is 0 Å². The Bertz CT molecular complexity index is 1030. The number of hydrogen-bond acceptors (Lipinski definition) is 4. The van der Waals surface area contributed by atoms with Gasteiger partial charge in [0, 0.05) is 19.1 Å². The van der Waals surface area contributed by atoms with Gasteiger partial charge in [-0.2, -0.15) is 0 Å². The first-order valence-electron chi connectivity index (χ1n) is 11.6. The molecule has 4 nitrogen and oxygen atoms in total. The topological polar surface area (TPSA) is 33.7 Å². The van der Waals surface area contributed by atoms with E-state index in [1.165, 1.54) is 29.5 Å². The number of methoxy groups -OCH3 is 1. The molecule has 35 heavy (non-hydrogen) atoms. The Kier molecular flexibility index (Phi) is 12.4. The lowest BCUT2D eigenvalue weighted by molar-refractivity contribution is 0.190. The third-order valence-corrected chi connectivity index (χ3v) is 6.81. The van der Waals surface area contributed by atoms with Crippen molar-refractivity contribution >= 4 is 40.7 Å². The van der Waals surface area contributed by atoms with E-state index in [0.717, 1.165) is 47.7 Å². The van der Waals surface area contributed by atoms with E-state index >= 15 is 0 Å². The number of ether oxygens (including phenoxy) is 2. The quantitative estimate of drug-likeness (QED) is 0.297. The molecule has 0 atom stereocenters. The van der Waals surface area contributed by atoms with Crippen LogP contribution in [0.2, 0.25) is 0 Å². The SMILES string of the molecule is COc1cc(CNC2CCN(Cc3ccccc3)CC2)cc(Br)c1OCc1ccc(C)cc1.Cl.Cl. The van der Waals surface area contributed by atoms with E-state index in [9.17, 15) is 0 Å². The van der Waals surface area contributed by atoms with Crippen LogP contribution in [-0.4, -0.2) is 31.1 Å². The molecule has 1 aliphatic heterocycles. The molecule has 0 bridgehead atoms. The molecule has 0 amide bonds. The Hall–Kier alpha value is -1.76. The summed E-state index contributed by atoms with van der Waals surface area (Å²) in [5.41, 5.74) is 4.97. The fourth-order valence-electron chi connectivity index (χ4n) is 4.25. The van der Waals surface area contributed by atoms with Crippen molar-refractivity contribution < 1.29 is 9.47 Å². The van der Waals surface area contributed by atoms with Crippen LogP contribution < -0.4 is 14.8 Å². The van der Waals surface area contributed by atoms with Crippen molar-refractivity contribution in [2.24, 2.45) is 0 Å². The number of halogens is 3. The van der Waals surface area contributed by atoms with Gasteiger partial charge in [0.1, 0.15) is 6.61 Å². The summed E-state index contributed by atoms with van der Waals surface area (Å²) < 4.78 is 12.7. The normalized spacial score (nSPS) is 14.0. The van der Waals surface area contributed by atoms with Crippen LogP contribution in [0.1, 0.15) is 35.1 Å². The van der Waals surface area contributed by atoms with Gasteiger partial charge in [0.25, 0.3) is 0 Å². The van der Waals surface area contributed by atoms with Crippen molar-refractivity contribution in [1.29, 1.82) is 0 Å². The van der Waals surface area contributed by atoms with Gasteiger partial charge in [-0.15, -0.1) is 24.8 Å².